The fourth-order valence-corrected chi connectivity index (χ4v) is 14.8. The van der Waals surface area contributed by atoms with Gasteiger partial charge in [0.05, 0.1) is 0 Å². The third-order valence-corrected chi connectivity index (χ3v) is 16.6. The van der Waals surface area contributed by atoms with Crippen LogP contribution < -0.4 is 18.4 Å². The van der Waals surface area contributed by atoms with Gasteiger partial charge in [-0.1, -0.05) is 0 Å². The van der Waals surface area contributed by atoms with Crippen molar-refractivity contribution in [3.63, 3.8) is 0 Å². The van der Waals surface area contributed by atoms with Crippen LogP contribution in [0.4, 0.5) is 28.9 Å². The standard InChI is InChI=1S/2C12H14F2NO.2C5H5.Ti/c2*1-2-3-4-5-12(16)15-11-7-6-9(13)8-10(11)14;2*1-2-4-5-3-1;/h2*6-7H,2-5H2,1H3,(H,15,16);2*1-5H;. The van der Waals surface area contributed by atoms with Gasteiger partial charge in [-0.25, -0.2) is 0 Å². The summed E-state index contributed by atoms with van der Waals surface area (Å²) in [6.07, 6.45) is 18.7. The van der Waals surface area contributed by atoms with Crippen molar-refractivity contribution in [3.05, 3.63) is 96.1 Å². The van der Waals surface area contributed by atoms with Crippen molar-refractivity contribution in [2.45, 2.75) is 73.7 Å². The maximum atomic E-state index is 16.7. The molecule has 43 heavy (non-hydrogen) atoms. The van der Waals surface area contributed by atoms with Gasteiger partial charge < -0.3 is 0 Å². The van der Waals surface area contributed by atoms with E-state index in [1.54, 1.807) is 48.6 Å². The van der Waals surface area contributed by atoms with Crippen molar-refractivity contribution < 1.29 is 43.7 Å². The Morgan fingerprint density at radius 1 is 0.628 bits per heavy atom. The first-order chi connectivity index (χ1) is 20.7. The van der Waals surface area contributed by atoms with Crippen LogP contribution in [-0.2, 0) is 26.2 Å². The summed E-state index contributed by atoms with van der Waals surface area (Å²) in [5.41, 5.74) is -0.461. The van der Waals surface area contributed by atoms with Crippen LogP contribution in [0.1, 0.15) is 65.2 Å². The zero-order chi connectivity index (χ0) is 31.0. The molecule has 0 heterocycles. The summed E-state index contributed by atoms with van der Waals surface area (Å²) in [5.74, 6) is -4.77. The van der Waals surface area contributed by atoms with Gasteiger partial charge in [-0.3, -0.25) is 0 Å². The van der Waals surface area contributed by atoms with Gasteiger partial charge in [0.25, 0.3) is 0 Å². The molecule has 0 fully saturated rings. The number of hydrogen-bond donors (Lipinski definition) is 2. The van der Waals surface area contributed by atoms with E-state index in [1.165, 1.54) is 0 Å². The summed E-state index contributed by atoms with van der Waals surface area (Å²) in [6.45, 7) is 4.00. The fraction of sp³-hybridized carbons (Fsp3) is 0.353. The van der Waals surface area contributed by atoms with E-state index in [-0.39, 0.29) is 24.2 Å². The molecule has 2 aromatic rings. The van der Waals surface area contributed by atoms with Crippen molar-refractivity contribution in [3.8, 4) is 0 Å². The van der Waals surface area contributed by atoms with E-state index in [2.05, 4.69) is 10.6 Å². The van der Waals surface area contributed by atoms with Gasteiger partial charge in [0, 0.05) is 0 Å². The van der Waals surface area contributed by atoms with Crippen LogP contribution in [0.15, 0.2) is 72.9 Å². The van der Waals surface area contributed by atoms with E-state index in [0.29, 0.717) is 12.8 Å². The van der Waals surface area contributed by atoms with Gasteiger partial charge in [-0.15, -0.1) is 0 Å². The van der Waals surface area contributed by atoms with E-state index in [1.807, 2.05) is 13.8 Å². The Balaban J connectivity index is 1.93. The first-order valence-electron chi connectivity index (χ1n) is 15.0. The Labute approximate surface area is 254 Å². The van der Waals surface area contributed by atoms with E-state index in [4.69, 9.17) is 0 Å². The molecule has 0 spiro atoms. The van der Waals surface area contributed by atoms with E-state index >= 15 is 17.6 Å². The van der Waals surface area contributed by atoms with Crippen molar-refractivity contribution in [1.82, 2.24) is 0 Å². The second-order valence-electron chi connectivity index (χ2n) is 11.0. The molecular formula is C34H38F4N2O2Ti. The SMILES string of the molecule is CCCCCC(=O)Nc1ccc(F)[c]([Ti]([c]2c(F)ccc(NC(=O)CCCCC)c2F)([CH]2C=CC=C2)[CH]2C=CC=C2)c1F. The molecule has 0 radical (unpaired) electrons. The molecule has 2 N–H and O–H groups in total. The van der Waals surface area contributed by atoms with Crippen LogP contribution in [0.3, 0.4) is 0 Å². The van der Waals surface area contributed by atoms with Crippen molar-refractivity contribution in [2.75, 3.05) is 10.6 Å². The average Bonchev–Trinajstić information content (AvgIpc) is 3.71. The third kappa shape index (κ3) is 6.96. The van der Waals surface area contributed by atoms with Crippen LogP contribution in [0.25, 0.3) is 0 Å². The second-order valence-corrected chi connectivity index (χ2v) is 17.4. The molecule has 2 aromatic carbocycles. The number of allylic oxidation sites excluding steroid dienone is 8. The van der Waals surface area contributed by atoms with Crippen LogP contribution in [-0.4, -0.2) is 11.8 Å². The first kappa shape index (κ1) is 32.7. The van der Waals surface area contributed by atoms with Crippen molar-refractivity contribution >= 4 is 30.9 Å². The number of carbonyl (C=O) groups excluding carboxylic acids is 2. The Morgan fingerprint density at radius 3 is 1.35 bits per heavy atom. The minimum absolute atomic E-state index is 0.165. The van der Waals surface area contributed by atoms with Crippen molar-refractivity contribution in [1.29, 1.82) is 0 Å². The third-order valence-electron chi connectivity index (χ3n) is 8.12. The molecule has 2 amide bonds. The molecule has 0 aliphatic heterocycles. The van der Waals surface area contributed by atoms with Gasteiger partial charge in [0.15, 0.2) is 0 Å². The maximum absolute atomic E-state index is 16.7. The summed E-state index contributed by atoms with van der Waals surface area (Å²) < 4.78 is 63.5. The topological polar surface area (TPSA) is 58.2 Å². The predicted octanol–water partition coefficient (Wildman–Crippen LogP) is 8.21. The monoisotopic (exact) mass is 630 g/mol. The first-order valence-corrected chi connectivity index (χ1v) is 18.4. The zero-order valence-corrected chi connectivity index (χ0v) is 26.1. The molecule has 0 saturated carbocycles. The average molecular weight is 631 g/mol. The van der Waals surface area contributed by atoms with Gasteiger partial charge in [-0.05, 0) is 0 Å². The minimum atomic E-state index is -5.02. The Hall–Kier alpha value is -3.23. The predicted molar refractivity (Wildman–Crippen MR) is 162 cm³/mol. The van der Waals surface area contributed by atoms with Crippen LogP contribution in [0, 0.1) is 23.3 Å². The molecule has 0 atom stereocenters. The van der Waals surface area contributed by atoms with Gasteiger partial charge in [0.1, 0.15) is 0 Å². The molecule has 0 saturated heterocycles. The number of carbonyl (C=O) groups is 2. The molecule has 2 aliphatic rings. The van der Waals surface area contributed by atoms with E-state index in [0.717, 1.165) is 49.9 Å². The van der Waals surface area contributed by atoms with E-state index in [9.17, 15) is 9.59 Å². The summed E-state index contributed by atoms with van der Waals surface area (Å²) in [6, 6.07) is 4.42. The number of anilines is 2. The number of amides is 2. The number of halogens is 4. The van der Waals surface area contributed by atoms with Gasteiger partial charge in [-0.2, -0.15) is 0 Å². The number of nitrogens with one attached hydrogen (secondary N) is 2. The number of unbranched alkanes of at least 4 members (excludes halogenated alkanes) is 4. The molecule has 2 aliphatic carbocycles. The molecule has 0 bridgehead atoms. The quantitative estimate of drug-likeness (QED) is 0.126. The molecule has 0 aromatic heterocycles. The zero-order valence-electron chi connectivity index (χ0n) is 24.6. The summed E-state index contributed by atoms with van der Waals surface area (Å²) in [5, 5.41) is 5.13. The molecule has 4 rings (SSSR count). The Kier molecular flexibility index (Phi) is 11.4. The van der Waals surface area contributed by atoms with Crippen LogP contribution >= 0.6 is 0 Å². The normalized spacial score (nSPS) is 14.7. The van der Waals surface area contributed by atoms with Crippen molar-refractivity contribution in [2.24, 2.45) is 0 Å². The van der Waals surface area contributed by atoms with Gasteiger partial charge >= 0.3 is 255 Å². The second kappa shape index (κ2) is 15.0. The molecule has 9 heteroatoms. The molecule has 228 valence electrons. The number of rotatable bonds is 14. The summed E-state index contributed by atoms with van der Waals surface area (Å²) in [7, 11) is 0. The van der Waals surface area contributed by atoms with Crippen LogP contribution in [0.2, 0.25) is 8.45 Å². The molecule has 0 unspecified atom stereocenters. The molecular weight excluding hydrogens is 592 g/mol. The Morgan fingerprint density at radius 2 is 1.00 bits per heavy atom. The van der Waals surface area contributed by atoms with Gasteiger partial charge in [0.2, 0.25) is 0 Å². The number of hydrogen-bond acceptors (Lipinski definition) is 2. The fourth-order valence-electron chi connectivity index (χ4n) is 6.04. The summed E-state index contributed by atoms with van der Waals surface area (Å²) in [4.78, 5) is 25.3. The van der Waals surface area contributed by atoms with E-state index < -0.39 is 67.9 Å². The summed E-state index contributed by atoms with van der Waals surface area (Å²) >= 11 is -5.02. The number of benzene rings is 2. The Bertz CT molecular complexity index is 1330. The van der Waals surface area contributed by atoms with Crippen LogP contribution in [0.5, 0.6) is 0 Å². The molecule has 4 nitrogen and oxygen atoms in total.